The van der Waals surface area contributed by atoms with E-state index in [-0.39, 0.29) is 11.7 Å². The fourth-order valence-electron chi connectivity index (χ4n) is 6.31. The Morgan fingerprint density at radius 3 is 2.70 bits per heavy atom. The average Bonchev–Trinajstić information content (AvgIpc) is 3.64. The summed E-state index contributed by atoms with van der Waals surface area (Å²) in [6, 6.07) is 8.51. The predicted octanol–water partition coefficient (Wildman–Crippen LogP) is 4.98. The summed E-state index contributed by atoms with van der Waals surface area (Å²) in [5, 5.41) is 17.6. The van der Waals surface area contributed by atoms with Crippen molar-refractivity contribution in [3.63, 3.8) is 0 Å². The van der Waals surface area contributed by atoms with E-state index < -0.39 is 5.41 Å². The molecule has 1 aromatic carbocycles. The first-order valence-electron chi connectivity index (χ1n) is 13.7. The largest absolute Gasteiger partial charge is 0.368 e. The molecular formula is C29H39N7O. The molecule has 0 saturated heterocycles. The fraction of sp³-hybridized carbons (Fsp3) is 0.517. The predicted molar refractivity (Wildman–Crippen MR) is 146 cm³/mol. The van der Waals surface area contributed by atoms with Gasteiger partial charge in [-0.3, -0.25) is 9.13 Å². The van der Waals surface area contributed by atoms with E-state index >= 15 is 0 Å². The van der Waals surface area contributed by atoms with Gasteiger partial charge in [0.2, 0.25) is 0 Å². The van der Waals surface area contributed by atoms with Crippen LogP contribution in [0.2, 0.25) is 0 Å². The van der Waals surface area contributed by atoms with Crippen molar-refractivity contribution in [2.75, 3.05) is 0 Å². The molecule has 0 radical (unpaired) electrons. The van der Waals surface area contributed by atoms with Gasteiger partial charge in [-0.25, -0.2) is 9.89 Å². The van der Waals surface area contributed by atoms with Crippen LogP contribution in [0.15, 0.2) is 59.8 Å². The number of H-pyrrole nitrogens is 1. The van der Waals surface area contributed by atoms with E-state index in [4.69, 9.17) is 0 Å². The number of nitrogens with zero attached hydrogens (tertiary/aromatic N) is 5. The first-order valence-corrected chi connectivity index (χ1v) is 13.7. The second-order valence-electron chi connectivity index (χ2n) is 11.2. The first-order chi connectivity index (χ1) is 17.9. The van der Waals surface area contributed by atoms with Crippen molar-refractivity contribution in [2.45, 2.75) is 77.8 Å². The third kappa shape index (κ3) is 4.81. The second kappa shape index (κ2) is 10.5. The number of tetrazole rings is 1. The van der Waals surface area contributed by atoms with Crippen molar-refractivity contribution in [2.24, 2.45) is 17.8 Å². The highest BCUT2D eigenvalue weighted by Crippen LogP contribution is 2.44. The molecule has 3 heterocycles. The van der Waals surface area contributed by atoms with Crippen molar-refractivity contribution >= 4 is 0 Å². The summed E-state index contributed by atoms with van der Waals surface area (Å²) >= 11 is 0. The highest BCUT2D eigenvalue weighted by Gasteiger charge is 2.39. The molecule has 3 unspecified atom stereocenters. The monoisotopic (exact) mass is 501 g/mol. The molecule has 3 atom stereocenters. The van der Waals surface area contributed by atoms with Crippen LogP contribution in [0.3, 0.4) is 0 Å². The van der Waals surface area contributed by atoms with Gasteiger partial charge in [-0.2, -0.15) is 0 Å². The Hall–Kier alpha value is -3.42. The quantitative estimate of drug-likeness (QED) is 0.431. The molecule has 3 aromatic rings. The van der Waals surface area contributed by atoms with Crippen molar-refractivity contribution < 1.29 is 0 Å². The zero-order chi connectivity index (χ0) is 26.0. The topological polar surface area (TPSA) is 93.4 Å². The van der Waals surface area contributed by atoms with Crippen LogP contribution < -0.4 is 11.0 Å². The van der Waals surface area contributed by atoms with Crippen LogP contribution in [-0.4, -0.2) is 29.8 Å². The van der Waals surface area contributed by atoms with Crippen molar-refractivity contribution in [1.82, 2.24) is 35.1 Å². The maximum Gasteiger partial charge on any atom is 0.328 e. The van der Waals surface area contributed by atoms with Crippen LogP contribution in [0.25, 0.3) is 11.4 Å². The molecule has 8 nitrogen and oxygen atoms in total. The second-order valence-corrected chi connectivity index (χ2v) is 11.2. The molecule has 1 aliphatic carbocycles. The number of aryl methyl sites for hydroxylation is 1. The maximum atomic E-state index is 14.2. The molecular weight excluding hydrogens is 462 g/mol. The highest BCUT2D eigenvalue weighted by molar-refractivity contribution is 5.57. The molecule has 196 valence electrons. The first kappa shape index (κ1) is 25.2. The molecule has 5 rings (SSSR count). The molecule has 1 fully saturated rings. The molecule has 0 amide bonds. The lowest BCUT2D eigenvalue weighted by molar-refractivity contribution is 0.254. The number of aromatic nitrogens is 6. The minimum atomic E-state index is -0.482. The lowest BCUT2D eigenvalue weighted by atomic mass is 9.78. The lowest BCUT2D eigenvalue weighted by Crippen LogP contribution is -2.38. The summed E-state index contributed by atoms with van der Waals surface area (Å²) in [5.74, 6) is 2.21. The summed E-state index contributed by atoms with van der Waals surface area (Å²) in [7, 11) is 0. The number of hydrogen-bond acceptors (Lipinski definition) is 5. The standard InChI is InChI=1S/C29H39N7O/c1-5-6-10-24-18-35(26-21(4)11-12-25(26)20(2)3)28(37)36(24)19-29(13-15-30-16-14-29)23-9-7-8-22(17-23)27-31-33-34-32-27/h7-9,13-18,20-21,25-26,30H,5-6,10-12,19H2,1-4H3,(H,31,32,33,34). The Bertz CT molecular complexity index is 1300. The van der Waals surface area contributed by atoms with Gasteiger partial charge in [0, 0.05) is 30.0 Å². The average molecular weight is 502 g/mol. The van der Waals surface area contributed by atoms with E-state index in [0.717, 1.165) is 36.1 Å². The lowest BCUT2D eigenvalue weighted by Gasteiger charge is -2.31. The molecule has 1 aliphatic heterocycles. The van der Waals surface area contributed by atoms with E-state index in [9.17, 15) is 4.79 Å². The SMILES string of the molecule is CCCCc1cn(C2C(C)CCC2C(C)C)c(=O)n1CC1(c2cccc(-c3nnn[nH]3)c2)C=CNC=C1. The molecule has 2 N–H and O–H groups in total. The Balaban J connectivity index is 1.59. The van der Waals surface area contributed by atoms with Crippen LogP contribution in [0, 0.1) is 17.8 Å². The Labute approximate surface area is 218 Å². The minimum absolute atomic E-state index is 0.116. The van der Waals surface area contributed by atoms with Crippen molar-refractivity contribution in [3.8, 4) is 11.4 Å². The van der Waals surface area contributed by atoms with Crippen LogP contribution in [0.4, 0.5) is 0 Å². The van der Waals surface area contributed by atoms with Gasteiger partial charge in [0.05, 0.1) is 5.41 Å². The summed E-state index contributed by atoms with van der Waals surface area (Å²) < 4.78 is 4.13. The van der Waals surface area contributed by atoms with Gasteiger partial charge in [-0.05, 0) is 77.9 Å². The van der Waals surface area contributed by atoms with Crippen LogP contribution in [0.5, 0.6) is 0 Å². The number of nitrogens with one attached hydrogen (secondary N) is 2. The maximum absolute atomic E-state index is 14.2. The number of aromatic amines is 1. The fourth-order valence-corrected chi connectivity index (χ4v) is 6.31. The molecule has 0 spiro atoms. The summed E-state index contributed by atoms with van der Waals surface area (Å²) in [4.78, 5) is 14.2. The number of hydrogen-bond donors (Lipinski definition) is 2. The number of rotatable bonds is 9. The molecule has 2 aromatic heterocycles. The van der Waals surface area contributed by atoms with Gasteiger partial charge >= 0.3 is 5.69 Å². The molecule has 8 heteroatoms. The number of unbranched alkanes of at least 4 members (excludes halogenated alkanes) is 1. The highest BCUT2D eigenvalue weighted by atomic mass is 16.1. The van der Waals surface area contributed by atoms with Crippen LogP contribution >= 0.6 is 0 Å². The van der Waals surface area contributed by atoms with E-state index in [2.05, 4.69) is 88.7 Å². The molecule has 1 saturated carbocycles. The normalized spacial score (nSPS) is 22.6. The Morgan fingerprint density at radius 1 is 1.19 bits per heavy atom. The molecule has 2 aliphatic rings. The van der Waals surface area contributed by atoms with Gasteiger partial charge in [0.15, 0.2) is 5.82 Å². The van der Waals surface area contributed by atoms with E-state index in [1.54, 1.807) is 0 Å². The number of imidazole rings is 1. The van der Waals surface area contributed by atoms with Gasteiger partial charge in [0.25, 0.3) is 0 Å². The smallest absolute Gasteiger partial charge is 0.328 e. The molecule has 37 heavy (non-hydrogen) atoms. The Kier molecular flexibility index (Phi) is 7.17. The van der Waals surface area contributed by atoms with E-state index in [1.165, 1.54) is 12.8 Å². The number of benzene rings is 1. The number of allylic oxidation sites excluding steroid dienone is 2. The van der Waals surface area contributed by atoms with Crippen LogP contribution in [-0.2, 0) is 18.4 Å². The zero-order valence-corrected chi connectivity index (χ0v) is 22.4. The molecule has 0 bridgehead atoms. The third-order valence-corrected chi connectivity index (χ3v) is 8.42. The van der Waals surface area contributed by atoms with Gasteiger partial charge in [-0.1, -0.05) is 64.5 Å². The van der Waals surface area contributed by atoms with Crippen molar-refractivity contribution in [3.05, 3.63) is 76.8 Å². The van der Waals surface area contributed by atoms with Gasteiger partial charge < -0.3 is 5.32 Å². The van der Waals surface area contributed by atoms with Crippen molar-refractivity contribution in [1.29, 1.82) is 0 Å². The summed E-state index contributed by atoms with van der Waals surface area (Å²) in [6.45, 7) is 9.65. The van der Waals surface area contributed by atoms with E-state index in [0.29, 0.717) is 30.1 Å². The Morgan fingerprint density at radius 2 is 2.00 bits per heavy atom. The summed E-state index contributed by atoms with van der Waals surface area (Å²) in [5.41, 5.74) is 2.77. The summed E-state index contributed by atoms with van der Waals surface area (Å²) in [6.07, 6.45) is 15.8. The van der Waals surface area contributed by atoms with E-state index in [1.807, 2.05) is 29.1 Å². The number of dihydropyridines is 1. The van der Waals surface area contributed by atoms with Gasteiger partial charge in [-0.15, -0.1) is 5.10 Å². The zero-order valence-electron chi connectivity index (χ0n) is 22.4. The third-order valence-electron chi connectivity index (χ3n) is 8.42. The van der Waals surface area contributed by atoms with Gasteiger partial charge in [0.1, 0.15) is 0 Å². The minimum Gasteiger partial charge on any atom is -0.368 e. The van der Waals surface area contributed by atoms with Crippen LogP contribution in [0.1, 0.15) is 70.7 Å².